The summed E-state index contributed by atoms with van der Waals surface area (Å²) in [5.41, 5.74) is 6.84. The highest BCUT2D eigenvalue weighted by molar-refractivity contribution is 5.93. The fourth-order valence-corrected chi connectivity index (χ4v) is 2.47. The van der Waals surface area contributed by atoms with E-state index >= 15 is 0 Å². The van der Waals surface area contributed by atoms with Crippen molar-refractivity contribution in [3.05, 3.63) is 23.4 Å². The highest BCUT2D eigenvalue weighted by atomic mass is 16.1. The maximum absolute atomic E-state index is 11.2. The summed E-state index contributed by atoms with van der Waals surface area (Å²) in [7, 11) is 0. The van der Waals surface area contributed by atoms with E-state index in [1.165, 1.54) is 12.8 Å². The number of anilines is 1. The second-order valence-electron chi connectivity index (χ2n) is 5.69. The zero-order valence-electron chi connectivity index (χ0n) is 11.6. The molecule has 1 saturated heterocycles. The van der Waals surface area contributed by atoms with Crippen molar-refractivity contribution in [2.75, 3.05) is 25.0 Å². The number of hydrogen-bond donors (Lipinski definition) is 3. The first-order valence-electron chi connectivity index (χ1n) is 6.72. The van der Waals surface area contributed by atoms with Gasteiger partial charge >= 0.3 is 0 Å². The number of primary amides is 1. The van der Waals surface area contributed by atoms with E-state index in [0.29, 0.717) is 5.56 Å². The largest absolute Gasteiger partial charge is 0.369 e. The van der Waals surface area contributed by atoms with Crippen molar-refractivity contribution in [2.45, 2.75) is 26.7 Å². The van der Waals surface area contributed by atoms with Crippen LogP contribution in [0.5, 0.6) is 0 Å². The van der Waals surface area contributed by atoms with Gasteiger partial charge in [-0.2, -0.15) is 0 Å². The van der Waals surface area contributed by atoms with Gasteiger partial charge in [-0.15, -0.1) is 0 Å². The van der Waals surface area contributed by atoms with E-state index in [-0.39, 0.29) is 5.41 Å². The van der Waals surface area contributed by atoms with Gasteiger partial charge < -0.3 is 16.4 Å². The maximum Gasteiger partial charge on any atom is 0.248 e. The number of nitrogens with two attached hydrogens (primary N) is 1. The minimum atomic E-state index is -0.418. The molecule has 2 rings (SSSR count). The lowest BCUT2D eigenvalue weighted by Gasteiger charge is -2.34. The third kappa shape index (κ3) is 3.67. The van der Waals surface area contributed by atoms with Crippen LogP contribution in [0.2, 0.25) is 0 Å². The summed E-state index contributed by atoms with van der Waals surface area (Å²) in [6.45, 7) is 7.08. The molecule has 1 aromatic rings. The fourth-order valence-electron chi connectivity index (χ4n) is 2.47. The van der Waals surface area contributed by atoms with Crippen molar-refractivity contribution in [3.8, 4) is 0 Å². The van der Waals surface area contributed by atoms with Crippen molar-refractivity contribution in [2.24, 2.45) is 11.1 Å². The number of nitrogens with one attached hydrogen (secondary N) is 2. The molecule has 1 aromatic heterocycles. The van der Waals surface area contributed by atoms with Crippen LogP contribution < -0.4 is 16.4 Å². The van der Waals surface area contributed by atoms with Crippen molar-refractivity contribution >= 4 is 11.7 Å². The summed E-state index contributed by atoms with van der Waals surface area (Å²) in [5, 5.41) is 6.75. The Hall–Kier alpha value is -1.62. The Morgan fingerprint density at radius 2 is 2.37 bits per heavy atom. The van der Waals surface area contributed by atoms with Crippen LogP contribution >= 0.6 is 0 Å². The molecular weight excluding hydrogens is 240 g/mol. The highest BCUT2D eigenvalue weighted by Gasteiger charge is 2.26. The minimum absolute atomic E-state index is 0.233. The first kappa shape index (κ1) is 13.8. The third-order valence-electron chi connectivity index (χ3n) is 3.62. The zero-order valence-corrected chi connectivity index (χ0v) is 11.6. The van der Waals surface area contributed by atoms with E-state index in [1.807, 2.05) is 6.92 Å². The van der Waals surface area contributed by atoms with Crippen LogP contribution in [0.4, 0.5) is 5.82 Å². The summed E-state index contributed by atoms with van der Waals surface area (Å²) in [6.07, 6.45) is 2.40. The molecule has 1 unspecified atom stereocenters. The van der Waals surface area contributed by atoms with Gasteiger partial charge in [-0.25, -0.2) is 4.98 Å². The molecule has 0 spiro atoms. The predicted molar refractivity (Wildman–Crippen MR) is 76.2 cm³/mol. The molecule has 1 amide bonds. The van der Waals surface area contributed by atoms with Gasteiger partial charge in [0, 0.05) is 24.3 Å². The number of aryl methyl sites for hydroxylation is 1. The lowest BCUT2D eigenvalue weighted by atomic mass is 9.83. The van der Waals surface area contributed by atoms with Crippen LogP contribution in [0.3, 0.4) is 0 Å². The normalized spacial score (nSPS) is 23.1. The molecule has 19 heavy (non-hydrogen) atoms. The van der Waals surface area contributed by atoms with Gasteiger partial charge in [0.25, 0.3) is 0 Å². The second kappa shape index (κ2) is 5.57. The van der Waals surface area contributed by atoms with Crippen molar-refractivity contribution in [1.82, 2.24) is 10.3 Å². The molecular formula is C14H22N4O. The van der Waals surface area contributed by atoms with Crippen LogP contribution in [-0.4, -0.2) is 30.5 Å². The van der Waals surface area contributed by atoms with E-state index in [9.17, 15) is 4.79 Å². The van der Waals surface area contributed by atoms with Gasteiger partial charge in [0.2, 0.25) is 5.91 Å². The number of carbonyl (C=O) groups is 1. The Morgan fingerprint density at radius 1 is 1.58 bits per heavy atom. The number of pyridine rings is 1. The van der Waals surface area contributed by atoms with Gasteiger partial charge in [0.15, 0.2) is 0 Å². The lowest BCUT2D eigenvalue weighted by Crippen LogP contribution is -2.42. The smallest absolute Gasteiger partial charge is 0.248 e. The van der Waals surface area contributed by atoms with E-state index in [1.54, 1.807) is 12.1 Å². The number of carbonyl (C=O) groups excluding carboxylic acids is 1. The maximum atomic E-state index is 11.2. The summed E-state index contributed by atoms with van der Waals surface area (Å²) in [6, 6.07) is 3.42. The Morgan fingerprint density at radius 3 is 3.00 bits per heavy atom. The molecule has 4 N–H and O–H groups in total. The quantitative estimate of drug-likeness (QED) is 0.764. The van der Waals surface area contributed by atoms with Crippen LogP contribution in [0, 0.1) is 12.3 Å². The number of hydrogen-bond acceptors (Lipinski definition) is 4. The van der Waals surface area contributed by atoms with E-state index in [0.717, 1.165) is 31.1 Å². The summed E-state index contributed by atoms with van der Waals surface area (Å²) in [5.74, 6) is 0.305. The molecule has 5 heteroatoms. The number of piperidine rings is 1. The van der Waals surface area contributed by atoms with E-state index in [4.69, 9.17) is 5.73 Å². The van der Waals surface area contributed by atoms with Gasteiger partial charge in [0.05, 0.1) is 0 Å². The first-order valence-corrected chi connectivity index (χ1v) is 6.72. The number of rotatable bonds is 4. The number of amides is 1. The van der Waals surface area contributed by atoms with Crippen molar-refractivity contribution < 1.29 is 4.79 Å². The summed E-state index contributed by atoms with van der Waals surface area (Å²) < 4.78 is 0. The standard InChI is InChI=1S/C14H22N4O/c1-10-6-11(13(15)19)7-12(18-10)17-9-14(2)4-3-5-16-8-14/h6-7,16H,3-5,8-9H2,1-2H3,(H2,15,19)(H,17,18). The molecule has 0 aromatic carbocycles. The van der Waals surface area contributed by atoms with Crippen molar-refractivity contribution in [1.29, 1.82) is 0 Å². The molecule has 2 heterocycles. The van der Waals surface area contributed by atoms with E-state index in [2.05, 4.69) is 22.5 Å². The van der Waals surface area contributed by atoms with Gasteiger partial charge in [-0.1, -0.05) is 6.92 Å². The highest BCUT2D eigenvalue weighted by Crippen LogP contribution is 2.25. The average Bonchev–Trinajstić information content (AvgIpc) is 2.37. The molecule has 1 atom stereocenters. The Kier molecular flexibility index (Phi) is 4.04. The Bertz CT molecular complexity index is 467. The molecule has 0 saturated carbocycles. The molecule has 0 bridgehead atoms. The predicted octanol–water partition coefficient (Wildman–Crippen LogP) is 1.29. The first-order chi connectivity index (χ1) is 8.98. The third-order valence-corrected chi connectivity index (χ3v) is 3.62. The molecule has 5 nitrogen and oxygen atoms in total. The Labute approximate surface area is 114 Å². The van der Waals surface area contributed by atoms with E-state index < -0.39 is 5.91 Å². The zero-order chi connectivity index (χ0) is 13.9. The average molecular weight is 262 g/mol. The van der Waals surface area contributed by atoms with Crippen LogP contribution in [0.25, 0.3) is 0 Å². The molecule has 0 aliphatic carbocycles. The lowest BCUT2D eigenvalue weighted by molar-refractivity contribution is 0.1000. The van der Waals surface area contributed by atoms with Gasteiger partial charge in [-0.3, -0.25) is 4.79 Å². The molecule has 1 aliphatic heterocycles. The topological polar surface area (TPSA) is 80.0 Å². The molecule has 0 radical (unpaired) electrons. The minimum Gasteiger partial charge on any atom is -0.369 e. The van der Waals surface area contributed by atoms with Gasteiger partial charge in [0.1, 0.15) is 5.82 Å². The molecule has 104 valence electrons. The van der Waals surface area contributed by atoms with Crippen LogP contribution in [-0.2, 0) is 0 Å². The van der Waals surface area contributed by atoms with Crippen LogP contribution in [0.15, 0.2) is 12.1 Å². The van der Waals surface area contributed by atoms with Crippen LogP contribution in [0.1, 0.15) is 35.8 Å². The van der Waals surface area contributed by atoms with Gasteiger partial charge in [-0.05, 0) is 43.9 Å². The SMILES string of the molecule is Cc1cc(C(N)=O)cc(NCC2(C)CCCNC2)n1. The number of nitrogens with zero attached hydrogens (tertiary/aromatic N) is 1. The summed E-state index contributed by atoms with van der Waals surface area (Å²) >= 11 is 0. The fraction of sp³-hybridized carbons (Fsp3) is 0.571. The Balaban J connectivity index is 2.04. The van der Waals surface area contributed by atoms with Crippen molar-refractivity contribution in [3.63, 3.8) is 0 Å². The molecule has 1 aliphatic rings. The second-order valence-corrected chi connectivity index (χ2v) is 5.69. The summed E-state index contributed by atoms with van der Waals surface area (Å²) in [4.78, 5) is 15.6. The number of aromatic nitrogens is 1. The molecule has 1 fully saturated rings. The monoisotopic (exact) mass is 262 g/mol.